The second kappa shape index (κ2) is 7.30. The summed E-state index contributed by atoms with van der Waals surface area (Å²) in [6.45, 7) is 6.49. The van der Waals surface area contributed by atoms with Gasteiger partial charge in [0.05, 0.1) is 6.61 Å². The topological polar surface area (TPSA) is 24.5 Å². The Kier molecular flexibility index (Phi) is 6.00. The van der Waals surface area contributed by atoms with Gasteiger partial charge in [-0.15, -0.1) is 0 Å². The van der Waals surface area contributed by atoms with E-state index >= 15 is 0 Å². The molecule has 0 aromatic heterocycles. The molecule has 0 bridgehead atoms. The van der Waals surface area contributed by atoms with E-state index in [0.717, 1.165) is 25.8 Å². The summed E-state index contributed by atoms with van der Waals surface area (Å²) in [5.41, 5.74) is 0.350. The zero-order valence-electron chi connectivity index (χ0n) is 12.8. The zero-order chi connectivity index (χ0) is 13.7. The SMILES string of the molecule is CCC(CSC)N(C)CC1(CNC2CC2)CCOC1. The zero-order valence-corrected chi connectivity index (χ0v) is 13.6. The number of hydrogen-bond donors (Lipinski definition) is 1. The van der Waals surface area contributed by atoms with Gasteiger partial charge in [-0.05, 0) is 39.0 Å². The minimum atomic E-state index is 0.350. The summed E-state index contributed by atoms with van der Waals surface area (Å²) < 4.78 is 5.72. The van der Waals surface area contributed by atoms with Crippen LogP contribution in [0.4, 0.5) is 0 Å². The van der Waals surface area contributed by atoms with Crippen LogP contribution < -0.4 is 5.32 Å². The maximum absolute atomic E-state index is 5.72. The van der Waals surface area contributed by atoms with Crippen LogP contribution in [0.5, 0.6) is 0 Å². The van der Waals surface area contributed by atoms with E-state index in [9.17, 15) is 0 Å². The van der Waals surface area contributed by atoms with E-state index in [1.807, 2.05) is 11.8 Å². The van der Waals surface area contributed by atoms with Gasteiger partial charge in [-0.3, -0.25) is 0 Å². The van der Waals surface area contributed by atoms with Gasteiger partial charge in [0.2, 0.25) is 0 Å². The summed E-state index contributed by atoms with van der Waals surface area (Å²) in [5.74, 6) is 1.24. The van der Waals surface area contributed by atoms with Crippen LogP contribution in [0.2, 0.25) is 0 Å². The molecule has 2 atom stereocenters. The Bertz CT molecular complexity index is 265. The van der Waals surface area contributed by atoms with Crippen molar-refractivity contribution in [3.05, 3.63) is 0 Å². The third-order valence-corrected chi connectivity index (χ3v) is 5.28. The van der Waals surface area contributed by atoms with Gasteiger partial charge in [-0.1, -0.05) is 6.92 Å². The molecule has 2 fully saturated rings. The minimum absolute atomic E-state index is 0.350. The van der Waals surface area contributed by atoms with Crippen LogP contribution in [0.1, 0.15) is 32.6 Å². The Morgan fingerprint density at radius 1 is 1.47 bits per heavy atom. The Morgan fingerprint density at radius 2 is 2.26 bits per heavy atom. The first-order chi connectivity index (χ1) is 9.19. The molecule has 2 aliphatic rings. The van der Waals surface area contributed by atoms with E-state index in [2.05, 4.69) is 30.4 Å². The average molecular weight is 286 g/mol. The van der Waals surface area contributed by atoms with E-state index < -0.39 is 0 Å². The molecule has 112 valence electrons. The highest BCUT2D eigenvalue weighted by Crippen LogP contribution is 2.31. The number of hydrogen-bond acceptors (Lipinski definition) is 4. The van der Waals surface area contributed by atoms with E-state index in [0.29, 0.717) is 11.5 Å². The Morgan fingerprint density at radius 3 is 2.79 bits per heavy atom. The van der Waals surface area contributed by atoms with Crippen LogP contribution in [0.25, 0.3) is 0 Å². The van der Waals surface area contributed by atoms with Gasteiger partial charge in [0.1, 0.15) is 0 Å². The van der Waals surface area contributed by atoms with Crippen molar-refractivity contribution in [1.29, 1.82) is 0 Å². The summed E-state index contributed by atoms with van der Waals surface area (Å²) in [7, 11) is 2.29. The predicted octanol–water partition coefficient (Wildman–Crippen LogP) is 2.22. The van der Waals surface area contributed by atoms with Crippen molar-refractivity contribution in [2.45, 2.75) is 44.7 Å². The maximum atomic E-state index is 5.72. The summed E-state index contributed by atoms with van der Waals surface area (Å²) in [4.78, 5) is 2.57. The van der Waals surface area contributed by atoms with Crippen molar-refractivity contribution < 1.29 is 4.74 Å². The molecule has 19 heavy (non-hydrogen) atoms. The third kappa shape index (κ3) is 4.62. The molecule has 1 N–H and O–H groups in total. The fourth-order valence-corrected chi connectivity index (χ4v) is 3.90. The van der Waals surface area contributed by atoms with Crippen molar-refractivity contribution >= 4 is 11.8 Å². The quantitative estimate of drug-likeness (QED) is 0.702. The Labute approximate surface area is 122 Å². The van der Waals surface area contributed by atoms with Crippen molar-refractivity contribution in [1.82, 2.24) is 10.2 Å². The molecule has 0 aromatic rings. The molecule has 0 aromatic carbocycles. The van der Waals surface area contributed by atoms with Crippen LogP contribution in [-0.2, 0) is 4.74 Å². The highest BCUT2D eigenvalue weighted by Gasteiger charge is 2.38. The second-order valence-electron chi connectivity index (χ2n) is 6.39. The standard InChI is InChI=1S/C15H30N2OS/c1-4-14(9-19-3)17(2)11-15(7-8-18-12-15)10-16-13-5-6-13/h13-14,16H,4-12H2,1-3H3. The molecule has 2 unspecified atom stereocenters. The van der Waals surface area contributed by atoms with E-state index in [1.165, 1.54) is 38.0 Å². The van der Waals surface area contributed by atoms with Gasteiger partial charge < -0.3 is 15.0 Å². The first-order valence-electron chi connectivity index (χ1n) is 7.69. The van der Waals surface area contributed by atoms with Crippen molar-refractivity contribution in [2.24, 2.45) is 5.41 Å². The maximum Gasteiger partial charge on any atom is 0.0547 e. The summed E-state index contributed by atoms with van der Waals surface area (Å²) >= 11 is 1.96. The summed E-state index contributed by atoms with van der Waals surface area (Å²) in [5, 5.41) is 3.72. The van der Waals surface area contributed by atoms with Crippen molar-refractivity contribution in [3.8, 4) is 0 Å². The average Bonchev–Trinajstić information content (AvgIpc) is 3.14. The van der Waals surface area contributed by atoms with Crippen LogP contribution in [-0.4, -0.2) is 62.3 Å². The molecule has 2 rings (SSSR count). The number of thioether (sulfide) groups is 1. The Hall–Kier alpha value is 0.230. The fourth-order valence-electron chi connectivity index (χ4n) is 3.03. The van der Waals surface area contributed by atoms with Gasteiger partial charge in [0.15, 0.2) is 0 Å². The van der Waals surface area contributed by atoms with E-state index in [1.54, 1.807) is 0 Å². The van der Waals surface area contributed by atoms with Gasteiger partial charge in [-0.25, -0.2) is 0 Å². The fraction of sp³-hybridized carbons (Fsp3) is 1.00. The Balaban J connectivity index is 1.86. The smallest absolute Gasteiger partial charge is 0.0547 e. The van der Waals surface area contributed by atoms with Gasteiger partial charge in [0, 0.05) is 42.9 Å². The monoisotopic (exact) mass is 286 g/mol. The lowest BCUT2D eigenvalue weighted by atomic mass is 9.86. The number of ether oxygens (including phenoxy) is 1. The first-order valence-corrected chi connectivity index (χ1v) is 9.09. The largest absolute Gasteiger partial charge is 0.381 e. The lowest BCUT2D eigenvalue weighted by Crippen LogP contribution is -2.47. The number of rotatable bonds is 9. The molecule has 1 aliphatic carbocycles. The molecule has 0 amide bonds. The highest BCUT2D eigenvalue weighted by atomic mass is 32.2. The van der Waals surface area contributed by atoms with Gasteiger partial charge in [0.25, 0.3) is 0 Å². The molecular weight excluding hydrogens is 256 g/mol. The lowest BCUT2D eigenvalue weighted by molar-refractivity contribution is 0.104. The van der Waals surface area contributed by atoms with Gasteiger partial charge >= 0.3 is 0 Å². The molecule has 3 nitrogen and oxygen atoms in total. The molecule has 0 radical (unpaired) electrons. The van der Waals surface area contributed by atoms with E-state index in [-0.39, 0.29) is 0 Å². The molecule has 0 spiro atoms. The molecule has 1 saturated heterocycles. The molecule has 4 heteroatoms. The van der Waals surface area contributed by atoms with Crippen LogP contribution in [0.3, 0.4) is 0 Å². The van der Waals surface area contributed by atoms with Crippen LogP contribution in [0.15, 0.2) is 0 Å². The summed E-state index contributed by atoms with van der Waals surface area (Å²) in [6, 6.07) is 1.50. The number of nitrogens with zero attached hydrogens (tertiary/aromatic N) is 1. The molecule has 1 saturated carbocycles. The third-order valence-electron chi connectivity index (χ3n) is 4.57. The van der Waals surface area contributed by atoms with Crippen LogP contribution >= 0.6 is 11.8 Å². The molecular formula is C15H30N2OS. The van der Waals surface area contributed by atoms with Crippen LogP contribution in [0, 0.1) is 5.41 Å². The first kappa shape index (κ1) is 15.6. The predicted molar refractivity (Wildman–Crippen MR) is 84.0 cm³/mol. The van der Waals surface area contributed by atoms with Crippen molar-refractivity contribution in [3.63, 3.8) is 0 Å². The lowest BCUT2D eigenvalue weighted by Gasteiger charge is -2.36. The number of nitrogens with one attached hydrogen (secondary N) is 1. The summed E-state index contributed by atoms with van der Waals surface area (Å²) in [6.07, 6.45) is 7.41. The second-order valence-corrected chi connectivity index (χ2v) is 7.30. The highest BCUT2D eigenvalue weighted by molar-refractivity contribution is 7.98. The normalized spacial score (nSPS) is 29.1. The molecule has 1 aliphatic heterocycles. The van der Waals surface area contributed by atoms with Crippen molar-refractivity contribution in [2.75, 3.05) is 45.4 Å². The molecule has 1 heterocycles. The van der Waals surface area contributed by atoms with Gasteiger partial charge in [-0.2, -0.15) is 11.8 Å². The van der Waals surface area contributed by atoms with E-state index in [4.69, 9.17) is 4.74 Å². The minimum Gasteiger partial charge on any atom is -0.381 e.